The summed E-state index contributed by atoms with van der Waals surface area (Å²) in [7, 11) is 0. The van der Waals surface area contributed by atoms with Gasteiger partial charge in [-0.15, -0.1) is 11.3 Å². The molecule has 0 aliphatic carbocycles. The average Bonchev–Trinajstić information content (AvgIpc) is 3.05. The molecule has 4 N–H and O–H groups in total. The number of nitrogens with one attached hydrogen (secondary N) is 1. The molecular formula is C14H16N6OS2. The van der Waals surface area contributed by atoms with Crippen molar-refractivity contribution in [2.45, 2.75) is 23.9 Å². The molecule has 0 bridgehead atoms. The van der Waals surface area contributed by atoms with Crippen molar-refractivity contribution < 1.29 is 5.11 Å². The van der Waals surface area contributed by atoms with Crippen LogP contribution in [0.25, 0.3) is 11.2 Å². The molecule has 3 rings (SSSR count). The molecule has 0 saturated carbocycles. The molecule has 0 saturated heterocycles. The fraction of sp³-hybridized carbons (Fsp3) is 0.286. The normalized spacial score (nSPS) is 12.4. The summed E-state index contributed by atoms with van der Waals surface area (Å²) in [4.78, 5) is 18.7. The van der Waals surface area contributed by atoms with E-state index in [2.05, 4.69) is 31.3 Å². The number of aliphatic hydroxyl groups is 1. The van der Waals surface area contributed by atoms with Gasteiger partial charge in [0.15, 0.2) is 22.1 Å². The van der Waals surface area contributed by atoms with Crippen molar-refractivity contribution in [3.8, 4) is 0 Å². The Morgan fingerprint density at radius 1 is 1.39 bits per heavy atom. The van der Waals surface area contributed by atoms with Crippen molar-refractivity contribution in [2.24, 2.45) is 0 Å². The van der Waals surface area contributed by atoms with E-state index in [1.807, 2.05) is 18.4 Å². The van der Waals surface area contributed by atoms with Gasteiger partial charge in [-0.05, 0) is 18.4 Å². The molecule has 0 fully saturated rings. The highest BCUT2D eigenvalue weighted by Crippen LogP contribution is 2.26. The Bertz CT molecular complexity index is 795. The number of nitrogen functional groups attached to an aromatic ring is 1. The molecule has 0 aliphatic rings. The molecule has 7 nitrogen and oxygen atoms in total. The third kappa shape index (κ3) is 3.87. The standard InChI is InChI=1S/C14H16N6OS2/c1-8(6-21)17-12-11-13(18-10(15)5-16-11)20-14(19-12)23-7-9-3-2-4-22-9/h2-5,8,21H,6-7H2,1H3,(H3,15,17,18,19,20)/t8-/m1/s1. The van der Waals surface area contributed by atoms with Crippen molar-refractivity contribution in [1.82, 2.24) is 19.9 Å². The molecule has 1 atom stereocenters. The number of anilines is 2. The van der Waals surface area contributed by atoms with E-state index in [4.69, 9.17) is 5.73 Å². The quantitative estimate of drug-likeness (QED) is 0.459. The molecule has 23 heavy (non-hydrogen) atoms. The van der Waals surface area contributed by atoms with Crippen LogP contribution in [0.15, 0.2) is 28.9 Å². The Morgan fingerprint density at radius 3 is 3.00 bits per heavy atom. The van der Waals surface area contributed by atoms with Gasteiger partial charge in [0.2, 0.25) is 0 Å². The minimum Gasteiger partial charge on any atom is -0.394 e. The van der Waals surface area contributed by atoms with Crippen molar-refractivity contribution in [3.05, 3.63) is 28.6 Å². The number of rotatable bonds is 6. The van der Waals surface area contributed by atoms with E-state index in [-0.39, 0.29) is 12.6 Å². The lowest BCUT2D eigenvalue weighted by Gasteiger charge is -2.13. The Labute approximate surface area is 141 Å². The monoisotopic (exact) mass is 348 g/mol. The van der Waals surface area contributed by atoms with E-state index in [1.54, 1.807) is 11.3 Å². The van der Waals surface area contributed by atoms with Crippen LogP contribution in [-0.2, 0) is 5.75 Å². The molecule has 0 unspecified atom stereocenters. The number of nitrogens with two attached hydrogens (primary N) is 1. The first-order valence-electron chi connectivity index (χ1n) is 6.98. The number of nitrogens with zero attached hydrogens (tertiary/aromatic N) is 4. The maximum atomic E-state index is 9.24. The number of hydrogen-bond donors (Lipinski definition) is 3. The SMILES string of the molecule is C[C@H](CO)Nc1nc(SCc2cccs2)nc2nc(N)cnc12. The number of hydrogen-bond acceptors (Lipinski definition) is 9. The summed E-state index contributed by atoms with van der Waals surface area (Å²) in [6.45, 7) is 1.85. The summed E-state index contributed by atoms with van der Waals surface area (Å²) in [5.74, 6) is 1.65. The molecule has 3 aromatic heterocycles. The van der Waals surface area contributed by atoms with Crippen LogP contribution >= 0.6 is 23.1 Å². The van der Waals surface area contributed by atoms with Gasteiger partial charge >= 0.3 is 0 Å². The smallest absolute Gasteiger partial charge is 0.192 e. The predicted octanol–water partition coefficient (Wildman–Crippen LogP) is 2.15. The molecule has 120 valence electrons. The number of thioether (sulfide) groups is 1. The predicted molar refractivity (Wildman–Crippen MR) is 93.6 cm³/mol. The summed E-state index contributed by atoms with van der Waals surface area (Å²) in [5.41, 5.74) is 6.69. The molecule has 3 heterocycles. The van der Waals surface area contributed by atoms with Gasteiger partial charge < -0.3 is 16.2 Å². The van der Waals surface area contributed by atoms with Crippen LogP contribution in [0.4, 0.5) is 11.6 Å². The van der Waals surface area contributed by atoms with Crippen molar-refractivity contribution >= 4 is 45.9 Å². The Hall–Kier alpha value is -1.97. The first kappa shape index (κ1) is 15.9. The second-order valence-electron chi connectivity index (χ2n) is 4.92. The Kier molecular flexibility index (Phi) is 4.89. The Morgan fingerprint density at radius 2 is 2.26 bits per heavy atom. The molecule has 0 aromatic carbocycles. The maximum Gasteiger partial charge on any atom is 0.192 e. The third-order valence-corrected chi connectivity index (χ3v) is 4.94. The summed E-state index contributed by atoms with van der Waals surface area (Å²) in [5, 5.41) is 15.0. The zero-order chi connectivity index (χ0) is 16.2. The topological polar surface area (TPSA) is 110 Å². The highest BCUT2D eigenvalue weighted by Gasteiger charge is 2.13. The third-order valence-electron chi connectivity index (χ3n) is 2.99. The Balaban J connectivity index is 1.93. The van der Waals surface area contributed by atoms with Gasteiger partial charge in [0.1, 0.15) is 5.82 Å². The van der Waals surface area contributed by atoms with Crippen LogP contribution in [0.5, 0.6) is 0 Å². The van der Waals surface area contributed by atoms with E-state index in [1.165, 1.54) is 22.8 Å². The van der Waals surface area contributed by atoms with E-state index >= 15 is 0 Å². The van der Waals surface area contributed by atoms with Gasteiger partial charge in [-0.25, -0.2) is 19.9 Å². The van der Waals surface area contributed by atoms with Crippen molar-refractivity contribution in [2.75, 3.05) is 17.7 Å². The summed E-state index contributed by atoms with van der Waals surface area (Å²) in [6.07, 6.45) is 1.47. The van der Waals surface area contributed by atoms with Crippen molar-refractivity contribution in [1.29, 1.82) is 0 Å². The summed E-state index contributed by atoms with van der Waals surface area (Å²) < 4.78 is 0. The van der Waals surface area contributed by atoms with Gasteiger partial charge in [-0.1, -0.05) is 17.8 Å². The fourth-order valence-corrected chi connectivity index (χ4v) is 3.49. The fourth-order valence-electron chi connectivity index (χ4n) is 1.88. The van der Waals surface area contributed by atoms with Gasteiger partial charge in [0.25, 0.3) is 0 Å². The highest BCUT2D eigenvalue weighted by atomic mass is 32.2. The van der Waals surface area contributed by atoms with Crippen LogP contribution in [0.3, 0.4) is 0 Å². The van der Waals surface area contributed by atoms with Gasteiger partial charge in [0.05, 0.1) is 12.8 Å². The van der Waals surface area contributed by atoms with Crippen LogP contribution in [0.1, 0.15) is 11.8 Å². The maximum absolute atomic E-state index is 9.24. The molecule has 0 radical (unpaired) electrons. The van der Waals surface area contributed by atoms with E-state index in [0.717, 1.165) is 5.75 Å². The van der Waals surface area contributed by atoms with Crippen LogP contribution < -0.4 is 11.1 Å². The average molecular weight is 348 g/mol. The number of thiophene rings is 1. The first-order valence-corrected chi connectivity index (χ1v) is 8.85. The van der Waals surface area contributed by atoms with Gasteiger partial charge in [0, 0.05) is 16.7 Å². The largest absolute Gasteiger partial charge is 0.394 e. The minimum absolute atomic E-state index is 0.00836. The first-order chi connectivity index (χ1) is 11.2. The lowest BCUT2D eigenvalue weighted by molar-refractivity contribution is 0.281. The zero-order valence-electron chi connectivity index (χ0n) is 12.4. The van der Waals surface area contributed by atoms with Crippen LogP contribution in [0, 0.1) is 0 Å². The molecule has 0 aliphatic heterocycles. The second-order valence-corrected chi connectivity index (χ2v) is 6.89. The van der Waals surface area contributed by atoms with Crippen LogP contribution in [-0.4, -0.2) is 37.7 Å². The number of aromatic nitrogens is 4. The van der Waals surface area contributed by atoms with E-state index in [0.29, 0.717) is 28.0 Å². The summed E-state index contributed by atoms with van der Waals surface area (Å²) >= 11 is 3.22. The van der Waals surface area contributed by atoms with Gasteiger partial charge in [-0.2, -0.15) is 0 Å². The van der Waals surface area contributed by atoms with Crippen molar-refractivity contribution in [3.63, 3.8) is 0 Å². The highest BCUT2D eigenvalue weighted by molar-refractivity contribution is 7.98. The molecule has 0 amide bonds. The van der Waals surface area contributed by atoms with Gasteiger partial charge in [-0.3, -0.25) is 0 Å². The second kappa shape index (κ2) is 7.07. The number of aliphatic hydroxyl groups excluding tert-OH is 1. The molecular weight excluding hydrogens is 332 g/mol. The minimum atomic E-state index is -0.150. The zero-order valence-corrected chi connectivity index (χ0v) is 14.1. The molecule has 0 spiro atoms. The van der Waals surface area contributed by atoms with E-state index in [9.17, 15) is 5.11 Å². The van der Waals surface area contributed by atoms with E-state index < -0.39 is 0 Å². The number of fused-ring (bicyclic) bond motifs is 1. The molecule has 9 heteroatoms. The van der Waals surface area contributed by atoms with Crippen LogP contribution in [0.2, 0.25) is 0 Å². The lowest BCUT2D eigenvalue weighted by atomic mass is 10.3. The lowest BCUT2D eigenvalue weighted by Crippen LogP contribution is -2.21. The summed E-state index contributed by atoms with van der Waals surface area (Å²) in [6, 6.07) is 3.94. The molecule has 3 aromatic rings.